The van der Waals surface area contributed by atoms with Gasteiger partial charge in [-0.05, 0) is 44.5 Å². The summed E-state index contributed by atoms with van der Waals surface area (Å²) in [5.74, 6) is 0.0390. The maximum Gasteiger partial charge on any atom is 0.141 e. The van der Waals surface area contributed by atoms with E-state index in [2.05, 4.69) is 14.8 Å². The van der Waals surface area contributed by atoms with Gasteiger partial charge >= 0.3 is 0 Å². The minimum atomic E-state index is 0.0390. The molecule has 2 fully saturated rings. The quantitative estimate of drug-likeness (QED) is 0.628. The number of nitrogens with zero attached hydrogens (tertiary/aromatic N) is 3. The van der Waals surface area contributed by atoms with Gasteiger partial charge in [0.15, 0.2) is 0 Å². The lowest BCUT2D eigenvalue weighted by Crippen LogP contribution is -2.35. The minimum absolute atomic E-state index is 0.0390. The van der Waals surface area contributed by atoms with Gasteiger partial charge in [-0.15, -0.1) is 0 Å². The molecule has 0 bridgehead atoms. The van der Waals surface area contributed by atoms with E-state index in [1.807, 2.05) is 12.1 Å². The first kappa shape index (κ1) is 12.4. The highest BCUT2D eigenvalue weighted by Gasteiger charge is 2.29. The molecule has 0 amide bonds. The van der Waals surface area contributed by atoms with Crippen LogP contribution >= 0.6 is 0 Å². The zero-order valence-corrected chi connectivity index (χ0v) is 11.2. The first-order valence-corrected chi connectivity index (χ1v) is 7.03. The Labute approximate surface area is 113 Å². The van der Waals surface area contributed by atoms with E-state index >= 15 is 0 Å². The highest BCUT2D eigenvalue weighted by molar-refractivity contribution is 5.93. The normalized spacial score (nSPS) is 24.0. The Kier molecular flexibility index (Phi) is 3.38. The first-order chi connectivity index (χ1) is 9.24. The molecule has 0 spiro atoms. The molecule has 2 aliphatic rings. The van der Waals surface area contributed by atoms with Crippen LogP contribution in [0.1, 0.15) is 25.0 Å². The summed E-state index contributed by atoms with van der Waals surface area (Å²) >= 11 is 0. The van der Waals surface area contributed by atoms with E-state index in [1.165, 1.54) is 32.4 Å². The van der Waals surface area contributed by atoms with Gasteiger partial charge in [-0.25, -0.2) is 0 Å². The van der Waals surface area contributed by atoms with E-state index in [9.17, 15) is 0 Å². The third-order valence-corrected chi connectivity index (χ3v) is 4.21. The highest BCUT2D eigenvalue weighted by atomic mass is 15.3. The molecule has 2 saturated heterocycles. The van der Waals surface area contributed by atoms with E-state index in [-0.39, 0.29) is 5.84 Å². The molecule has 5 nitrogen and oxygen atoms in total. The van der Waals surface area contributed by atoms with Crippen LogP contribution in [-0.2, 0) is 0 Å². The predicted molar refractivity (Wildman–Crippen MR) is 76.7 cm³/mol. The van der Waals surface area contributed by atoms with Crippen LogP contribution in [0.4, 0.5) is 5.69 Å². The Morgan fingerprint density at radius 1 is 1.32 bits per heavy atom. The monoisotopic (exact) mass is 259 g/mol. The zero-order chi connectivity index (χ0) is 13.2. The van der Waals surface area contributed by atoms with Gasteiger partial charge in [0.2, 0.25) is 0 Å². The lowest BCUT2D eigenvalue weighted by molar-refractivity contribution is 0.260. The van der Waals surface area contributed by atoms with Crippen molar-refractivity contribution in [2.24, 2.45) is 5.73 Å². The van der Waals surface area contributed by atoms with E-state index < -0.39 is 0 Å². The fraction of sp³-hybridized carbons (Fsp3) is 0.571. The molecule has 0 radical (unpaired) electrons. The second-order valence-electron chi connectivity index (χ2n) is 5.44. The van der Waals surface area contributed by atoms with E-state index in [1.54, 1.807) is 6.20 Å². The molecule has 1 atom stereocenters. The molecule has 102 valence electrons. The first-order valence-electron chi connectivity index (χ1n) is 7.03. The molecule has 5 heteroatoms. The van der Waals surface area contributed by atoms with Crippen molar-refractivity contribution in [1.82, 2.24) is 9.88 Å². The van der Waals surface area contributed by atoms with Crippen molar-refractivity contribution in [3.8, 4) is 0 Å². The largest absolute Gasteiger partial charge is 0.382 e. The van der Waals surface area contributed by atoms with Gasteiger partial charge in [0.25, 0.3) is 0 Å². The number of likely N-dealkylation sites (tertiary alicyclic amines) is 1. The van der Waals surface area contributed by atoms with Crippen LogP contribution in [-0.4, -0.2) is 47.9 Å². The molecule has 2 aliphatic heterocycles. The summed E-state index contributed by atoms with van der Waals surface area (Å²) < 4.78 is 0. The molecule has 19 heavy (non-hydrogen) atoms. The van der Waals surface area contributed by atoms with Crippen LogP contribution in [0.3, 0.4) is 0 Å². The van der Waals surface area contributed by atoms with Crippen LogP contribution in [0.25, 0.3) is 0 Å². The summed E-state index contributed by atoms with van der Waals surface area (Å²) in [5, 5.41) is 7.47. The minimum Gasteiger partial charge on any atom is -0.382 e. The number of amidine groups is 1. The van der Waals surface area contributed by atoms with Crippen LogP contribution in [0.5, 0.6) is 0 Å². The van der Waals surface area contributed by atoms with E-state index in [0.29, 0.717) is 11.7 Å². The Morgan fingerprint density at radius 2 is 2.11 bits per heavy atom. The van der Waals surface area contributed by atoms with Gasteiger partial charge < -0.3 is 10.6 Å². The average molecular weight is 259 g/mol. The van der Waals surface area contributed by atoms with Crippen molar-refractivity contribution in [1.29, 1.82) is 5.41 Å². The van der Waals surface area contributed by atoms with Crippen molar-refractivity contribution < 1.29 is 0 Å². The van der Waals surface area contributed by atoms with Crippen molar-refractivity contribution in [3.63, 3.8) is 0 Å². The molecule has 1 unspecified atom stereocenters. The maximum absolute atomic E-state index is 7.47. The maximum atomic E-state index is 7.47. The molecular formula is C14H21N5. The highest BCUT2D eigenvalue weighted by Crippen LogP contribution is 2.25. The second-order valence-corrected chi connectivity index (χ2v) is 5.44. The van der Waals surface area contributed by atoms with Gasteiger partial charge in [-0.3, -0.25) is 15.3 Å². The van der Waals surface area contributed by atoms with Crippen LogP contribution in [0.15, 0.2) is 18.3 Å². The molecule has 1 aromatic heterocycles. The molecule has 3 rings (SSSR count). The van der Waals surface area contributed by atoms with Gasteiger partial charge in [0.05, 0.1) is 0 Å². The van der Waals surface area contributed by atoms with Crippen molar-refractivity contribution in [3.05, 3.63) is 24.0 Å². The zero-order valence-electron chi connectivity index (χ0n) is 11.2. The van der Waals surface area contributed by atoms with Crippen molar-refractivity contribution >= 4 is 11.5 Å². The standard InChI is InChI=1S/C14H21N5/c15-14(16)13-9-11(3-5-17-13)19-8-4-12(10-19)18-6-1-2-7-18/h3,5,9,12H,1-2,4,6-8,10H2,(H3,15,16). The Bertz CT molecular complexity index is 467. The summed E-state index contributed by atoms with van der Waals surface area (Å²) in [6, 6.07) is 4.63. The van der Waals surface area contributed by atoms with Gasteiger partial charge in [-0.1, -0.05) is 0 Å². The lowest BCUT2D eigenvalue weighted by Gasteiger charge is -2.24. The van der Waals surface area contributed by atoms with Crippen LogP contribution < -0.4 is 10.6 Å². The Hall–Kier alpha value is -1.62. The lowest BCUT2D eigenvalue weighted by atomic mass is 10.2. The number of pyridine rings is 1. The number of hydrogen-bond donors (Lipinski definition) is 2. The Morgan fingerprint density at radius 3 is 2.84 bits per heavy atom. The predicted octanol–water partition coefficient (Wildman–Crippen LogP) is 1.04. The topological polar surface area (TPSA) is 69.2 Å². The molecule has 0 aromatic carbocycles. The van der Waals surface area contributed by atoms with Crippen molar-refractivity contribution in [2.75, 3.05) is 31.1 Å². The van der Waals surface area contributed by atoms with Gasteiger partial charge in [-0.2, -0.15) is 0 Å². The third-order valence-electron chi connectivity index (χ3n) is 4.21. The SMILES string of the molecule is N=C(N)c1cc(N2CCC(N3CCCC3)C2)ccn1. The second kappa shape index (κ2) is 5.17. The fourth-order valence-corrected chi connectivity index (χ4v) is 3.14. The third kappa shape index (κ3) is 2.56. The Balaban J connectivity index is 1.70. The number of nitrogens with two attached hydrogens (primary N) is 1. The van der Waals surface area contributed by atoms with Crippen LogP contribution in [0.2, 0.25) is 0 Å². The number of anilines is 1. The summed E-state index contributed by atoms with van der Waals surface area (Å²) in [6.45, 7) is 4.69. The summed E-state index contributed by atoms with van der Waals surface area (Å²) in [7, 11) is 0. The van der Waals surface area contributed by atoms with Crippen LogP contribution in [0, 0.1) is 5.41 Å². The van der Waals surface area contributed by atoms with Gasteiger partial charge in [0, 0.05) is 31.0 Å². The molecule has 3 heterocycles. The molecule has 0 aliphatic carbocycles. The fourth-order valence-electron chi connectivity index (χ4n) is 3.14. The summed E-state index contributed by atoms with van der Waals surface area (Å²) in [6.07, 6.45) is 5.67. The number of hydrogen-bond acceptors (Lipinski definition) is 4. The smallest absolute Gasteiger partial charge is 0.141 e. The molecule has 0 saturated carbocycles. The molecular weight excluding hydrogens is 238 g/mol. The number of nitrogens with one attached hydrogen (secondary N) is 1. The summed E-state index contributed by atoms with van der Waals surface area (Å²) in [4.78, 5) is 9.12. The average Bonchev–Trinajstić information content (AvgIpc) is 3.09. The molecule has 1 aromatic rings. The van der Waals surface area contributed by atoms with E-state index in [0.717, 1.165) is 18.8 Å². The number of nitrogen functional groups attached to an aromatic ring is 1. The van der Waals surface area contributed by atoms with E-state index in [4.69, 9.17) is 11.1 Å². The van der Waals surface area contributed by atoms with Gasteiger partial charge in [0.1, 0.15) is 11.5 Å². The number of rotatable bonds is 3. The van der Waals surface area contributed by atoms with Crippen molar-refractivity contribution in [2.45, 2.75) is 25.3 Å². The molecule has 3 N–H and O–H groups in total. The summed E-state index contributed by atoms with van der Waals surface area (Å²) in [5.41, 5.74) is 7.21. The number of aromatic nitrogens is 1.